The van der Waals surface area contributed by atoms with Crippen molar-refractivity contribution in [3.63, 3.8) is 0 Å². The minimum Gasteiger partial charge on any atom is -0.352 e. The van der Waals surface area contributed by atoms with Crippen LogP contribution in [0, 0.1) is 0 Å². The highest BCUT2D eigenvalue weighted by Crippen LogP contribution is 2.15. The van der Waals surface area contributed by atoms with Crippen molar-refractivity contribution in [2.24, 2.45) is 0 Å². The second kappa shape index (κ2) is 7.67. The van der Waals surface area contributed by atoms with Gasteiger partial charge in [-0.3, -0.25) is 9.69 Å². The van der Waals surface area contributed by atoms with Crippen molar-refractivity contribution in [3.8, 4) is 0 Å². The molecule has 0 radical (unpaired) electrons. The van der Waals surface area contributed by atoms with E-state index in [9.17, 15) is 4.79 Å². The second-order valence-corrected chi connectivity index (χ2v) is 4.91. The molecule has 0 aromatic rings. The maximum Gasteiger partial charge on any atom is 0.234 e. The minimum absolute atomic E-state index is 0.182. The zero-order chi connectivity index (χ0) is 12.7. The molecule has 1 heterocycles. The maximum absolute atomic E-state index is 11.9. The molecule has 0 saturated carbocycles. The fraction of sp³-hybridized carbons (Fsp3) is 0.923. The summed E-state index contributed by atoms with van der Waals surface area (Å²) in [5.41, 5.74) is 0. The summed E-state index contributed by atoms with van der Waals surface area (Å²) >= 11 is 0. The molecule has 0 spiro atoms. The van der Waals surface area contributed by atoms with E-state index in [0.717, 1.165) is 25.9 Å². The number of hydrogen-bond acceptors (Lipinski definition) is 3. The standard InChI is InChI=1S/C13H27N3O/c1-4-11(5-2)15-13(17)10-16-8-6-7-12(16)9-14-3/h11-12,14H,4-10H2,1-3H3,(H,15,17). The fourth-order valence-electron chi connectivity index (χ4n) is 2.52. The molecule has 1 fully saturated rings. The molecular formula is C13H27N3O. The Kier molecular flexibility index (Phi) is 6.52. The molecule has 0 aromatic carbocycles. The van der Waals surface area contributed by atoms with E-state index < -0.39 is 0 Å². The van der Waals surface area contributed by atoms with Crippen LogP contribution in [0.25, 0.3) is 0 Å². The van der Waals surface area contributed by atoms with Crippen molar-refractivity contribution in [2.45, 2.75) is 51.6 Å². The summed E-state index contributed by atoms with van der Waals surface area (Å²) in [5, 5.41) is 6.31. The highest BCUT2D eigenvalue weighted by Gasteiger charge is 2.25. The summed E-state index contributed by atoms with van der Waals surface area (Å²) in [7, 11) is 1.97. The van der Waals surface area contributed by atoms with Crippen LogP contribution in [0.4, 0.5) is 0 Å². The zero-order valence-electron chi connectivity index (χ0n) is 11.5. The van der Waals surface area contributed by atoms with Crippen LogP contribution in [-0.4, -0.2) is 49.6 Å². The average molecular weight is 241 g/mol. The Labute approximate surface area is 105 Å². The van der Waals surface area contributed by atoms with E-state index in [1.54, 1.807) is 0 Å². The molecule has 1 atom stereocenters. The third-order valence-corrected chi connectivity index (χ3v) is 3.64. The highest BCUT2D eigenvalue weighted by molar-refractivity contribution is 5.78. The van der Waals surface area contributed by atoms with Crippen LogP contribution in [0.2, 0.25) is 0 Å². The van der Waals surface area contributed by atoms with Crippen LogP contribution in [0.15, 0.2) is 0 Å². The average Bonchev–Trinajstić information content (AvgIpc) is 2.74. The summed E-state index contributed by atoms with van der Waals surface area (Å²) in [6.07, 6.45) is 4.45. The summed E-state index contributed by atoms with van der Waals surface area (Å²) in [4.78, 5) is 14.2. The lowest BCUT2D eigenvalue weighted by atomic mass is 10.2. The van der Waals surface area contributed by atoms with Crippen molar-refractivity contribution < 1.29 is 4.79 Å². The summed E-state index contributed by atoms with van der Waals surface area (Å²) in [5.74, 6) is 0.182. The third kappa shape index (κ3) is 4.64. The van der Waals surface area contributed by atoms with E-state index >= 15 is 0 Å². The first-order valence-corrected chi connectivity index (χ1v) is 6.89. The molecule has 0 aliphatic carbocycles. The van der Waals surface area contributed by atoms with Gasteiger partial charge in [-0.2, -0.15) is 0 Å². The van der Waals surface area contributed by atoms with Gasteiger partial charge in [0.15, 0.2) is 0 Å². The van der Waals surface area contributed by atoms with Gasteiger partial charge in [0.2, 0.25) is 5.91 Å². The Morgan fingerprint density at radius 3 is 2.71 bits per heavy atom. The molecule has 4 heteroatoms. The van der Waals surface area contributed by atoms with Gasteiger partial charge in [-0.05, 0) is 39.3 Å². The SMILES string of the molecule is CCC(CC)NC(=O)CN1CCCC1CNC. The second-order valence-electron chi connectivity index (χ2n) is 4.91. The first kappa shape index (κ1) is 14.5. The van der Waals surface area contributed by atoms with Gasteiger partial charge >= 0.3 is 0 Å². The van der Waals surface area contributed by atoms with Crippen molar-refractivity contribution in [1.29, 1.82) is 0 Å². The van der Waals surface area contributed by atoms with Crippen molar-refractivity contribution in [2.75, 3.05) is 26.7 Å². The van der Waals surface area contributed by atoms with Gasteiger partial charge in [0, 0.05) is 18.6 Å². The Balaban J connectivity index is 2.34. The number of likely N-dealkylation sites (N-methyl/N-ethyl adjacent to an activating group) is 1. The summed E-state index contributed by atoms with van der Waals surface area (Å²) in [6, 6.07) is 0.875. The van der Waals surface area contributed by atoms with E-state index in [-0.39, 0.29) is 5.91 Å². The molecule has 1 aliphatic heterocycles. The first-order valence-electron chi connectivity index (χ1n) is 6.89. The number of rotatable bonds is 7. The largest absolute Gasteiger partial charge is 0.352 e. The molecule has 4 nitrogen and oxygen atoms in total. The van der Waals surface area contributed by atoms with Gasteiger partial charge in [-0.1, -0.05) is 13.8 Å². The quantitative estimate of drug-likeness (QED) is 0.698. The lowest BCUT2D eigenvalue weighted by Gasteiger charge is -2.24. The number of carbonyl (C=O) groups is 1. The highest BCUT2D eigenvalue weighted by atomic mass is 16.2. The number of nitrogens with zero attached hydrogens (tertiary/aromatic N) is 1. The van der Waals surface area contributed by atoms with Crippen molar-refractivity contribution in [1.82, 2.24) is 15.5 Å². The Hall–Kier alpha value is -0.610. The van der Waals surface area contributed by atoms with Crippen LogP contribution in [0.3, 0.4) is 0 Å². The van der Waals surface area contributed by atoms with Crippen LogP contribution in [-0.2, 0) is 4.79 Å². The number of hydrogen-bond donors (Lipinski definition) is 2. The topological polar surface area (TPSA) is 44.4 Å². The molecule has 17 heavy (non-hydrogen) atoms. The van der Waals surface area contributed by atoms with Crippen LogP contribution >= 0.6 is 0 Å². The van der Waals surface area contributed by atoms with Crippen molar-refractivity contribution in [3.05, 3.63) is 0 Å². The van der Waals surface area contributed by atoms with Gasteiger partial charge in [0.05, 0.1) is 6.54 Å². The maximum atomic E-state index is 11.9. The monoisotopic (exact) mass is 241 g/mol. The number of likely N-dealkylation sites (tertiary alicyclic amines) is 1. The van der Waals surface area contributed by atoms with E-state index in [2.05, 4.69) is 29.4 Å². The number of carbonyl (C=O) groups excluding carboxylic acids is 1. The molecule has 100 valence electrons. The fourth-order valence-corrected chi connectivity index (χ4v) is 2.52. The molecule has 0 bridgehead atoms. The normalized spacial score (nSPS) is 21.1. The molecule has 1 unspecified atom stereocenters. The van der Waals surface area contributed by atoms with Crippen LogP contribution < -0.4 is 10.6 Å². The Morgan fingerprint density at radius 2 is 2.12 bits per heavy atom. The molecule has 2 N–H and O–H groups in total. The minimum atomic E-state index is 0.182. The van der Waals surface area contributed by atoms with Gasteiger partial charge in [0.1, 0.15) is 0 Å². The van der Waals surface area contributed by atoms with E-state index in [4.69, 9.17) is 0 Å². The molecule has 1 amide bonds. The molecular weight excluding hydrogens is 214 g/mol. The number of nitrogens with one attached hydrogen (secondary N) is 2. The summed E-state index contributed by atoms with van der Waals surface area (Å²) < 4.78 is 0. The predicted molar refractivity (Wildman–Crippen MR) is 71.0 cm³/mol. The number of amides is 1. The Bertz CT molecular complexity index is 229. The van der Waals surface area contributed by atoms with Gasteiger partial charge < -0.3 is 10.6 Å². The van der Waals surface area contributed by atoms with Crippen LogP contribution in [0.1, 0.15) is 39.5 Å². The van der Waals surface area contributed by atoms with Gasteiger partial charge in [0.25, 0.3) is 0 Å². The smallest absolute Gasteiger partial charge is 0.234 e. The lowest BCUT2D eigenvalue weighted by Crippen LogP contribution is -2.45. The first-order chi connectivity index (χ1) is 8.21. The lowest BCUT2D eigenvalue weighted by molar-refractivity contribution is -0.123. The predicted octanol–water partition coefficient (Wildman–Crippen LogP) is 0.975. The molecule has 1 aliphatic rings. The molecule has 0 aromatic heterocycles. The summed E-state index contributed by atoms with van der Waals surface area (Å²) in [6.45, 7) is 6.84. The zero-order valence-corrected chi connectivity index (χ0v) is 11.5. The van der Waals surface area contributed by atoms with E-state index in [1.807, 2.05) is 7.05 Å². The van der Waals surface area contributed by atoms with Gasteiger partial charge in [-0.15, -0.1) is 0 Å². The Morgan fingerprint density at radius 1 is 1.41 bits per heavy atom. The third-order valence-electron chi connectivity index (χ3n) is 3.64. The van der Waals surface area contributed by atoms with Crippen LogP contribution in [0.5, 0.6) is 0 Å². The molecule has 1 saturated heterocycles. The van der Waals surface area contributed by atoms with Crippen molar-refractivity contribution >= 4 is 5.91 Å². The van der Waals surface area contributed by atoms with Gasteiger partial charge in [-0.25, -0.2) is 0 Å². The molecule has 1 rings (SSSR count). The van der Waals surface area contributed by atoms with E-state index in [0.29, 0.717) is 18.6 Å². The van der Waals surface area contributed by atoms with E-state index in [1.165, 1.54) is 12.8 Å².